The van der Waals surface area contributed by atoms with Crippen molar-refractivity contribution in [2.45, 2.75) is 25.1 Å². The van der Waals surface area contributed by atoms with Crippen LogP contribution >= 0.6 is 11.6 Å². The molecule has 0 aromatic heterocycles. The van der Waals surface area contributed by atoms with Gasteiger partial charge in [0.05, 0.1) is 12.5 Å². The van der Waals surface area contributed by atoms with E-state index in [2.05, 4.69) is 6.58 Å². The van der Waals surface area contributed by atoms with Gasteiger partial charge < -0.3 is 14.2 Å². The van der Waals surface area contributed by atoms with Gasteiger partial charge in [0, 0.05) is 18.1 Å². The molecule has 0 saturated carbocycles. The Bertz CT molecular complexity index is 541. The van der Waals surface area contributed by atoms with Crippen LogP contribution in [0.1, 0.15) is 19.8 Å². The van der Waals surface area contributed by atoms with E-state index >= 15 is 0 Å². The summed E-state index contributed by atoms with van der Waals surface area (Å²) in [5.74, 6) is 0.103. The number of carbonyl (C=O) groups is 2. The highest BCUT2D eigenvalue weighted by Gasteiger charge is 2.13. The first kappa shape index (κ1) is 18.0. The lowest BCUT2D eigenvalue weighted by Crippen LogP contribution is -2.17. The molecule has 0 amide bonds. The molecule has 1 rings (SSSR count). The SMILES string of the molecule is C=C(C)C(=O)OCC(Cl)CCC(=O)Oc1cccc(OC)c1. The lowest BCUT2D eigenvalue weighted by atomic mass is 10.2. The monoisotopic (exact) mass is 326 g/mol. The van der Waals surface area contributed by atoms with Gasteiger partial charge >= 0.3 is 11.9 Å². The predicted octanol–water partition coefficient (Wildman–Crippen LogP) is 3.11. The van der Waals surface area contributed by atoms with E-state index < -0.39 is 17.3 Å². The van der Waals surface area contributed by atoms with Crippen LogP contribution in [0.4, 0.5) is 0 Å². The summed E-state index contributed by atoms with van der Waals surface area (Å²) >= 11 is 5.99. The molecule has 1 unspecified atom stereocenters. The number of alkyl halides is 1. The van der Waals surface area contributed by atoms with Crippen molar-refractivity contribution in [1.29, 1.82) is 0 Å². The summed E-state index contributed by atoms with van der Waals surface area (Å²) in [7, 11) is 1.53. The minimum absolute atomic E-state index is 0.0275. The lowest BCUT2D eigenvalue weighted by molar-refractivity contribution is -0.138. The third kappa shape index (κ3) is 6.63. The molecule has 5 nitrogen and oxygen atoms in total. The zero-order valence-corrected chi connectivity index (χ0v) is 13.4. The quantitative estimate of drug-likeness (QED) is 0.318. The van der Waals surface area contributed by atoms with Gasteiger partial charge in [0.15, 0.2) is 0 Å². The van der Waals surface area contributed by atoms with E-state index in [9.17, 15) is 9.59 Å². The molecule has 1 aromatic carbocycles. The fourth-order valence-electron chi connectivity index (χ4n) is 1.49. The molecule has 0 heterocycles. The Morgan fingerprint density at radius 3 is 2.64 bits per heavy atom. The van der Waals surface area contributed by atoms with Crippen LogP contribution < -0.4 is 9.47 Å². The molecule has 1 atom stereocenters. The highest BCUT2D eigenvalue weighted by molar-refractivity contribution is 6.20. The number of rotatable bonds is 8. The molecule has 22 heavy (non-hydrogen) atoms. The zero-order chi connectivity index (χ0) is 16.5. The van der Waals surface area contributed by atoms with Crippen LogP contribution in [0.15, 0.2) is 36.4 Å². The van der Waals surface area contributed by atoms with Gasteiger partial charge in [0.25, 0.3) is 0 Å². The summed E-state index contributed by atoms with van der Waals surface area (Å²) in [6, 6.07) is 6.75. The summed E-state index contributed by atoms with van der Waals surface area (Å²) in [4.78, 5) is 22.9. The second kappa shape index (κ2) is 9.10. The Morgan fingerprint density at radius 1 is 1.32 bits per heavy atom. The van der Waals surface area contributed by atoms with Crippen LogP contribution in [-0.4, -0.2) is 31.0 Å². The van der Waals surface area contributed by atoms with Crippen LogP contribution in [0.3, 0.4) is 0 Å². The largest absolute Gasteiger partial charge is 0.497 e. The fraction of sp³-hybridized carbons (Fsp3) is 0.375. The number of benzene rings is 1. The number of carbonyl (C=O) groups excluding carboxylic acids is 2. The molecular weight excluding hydrogens is 308 g/mol. The molecule has 6 heteroatoms. The van der Waals surface area contributed by atoms with Crippen molar-refractivity contribution in [2.24, 2.45) is 0 Å². The maximum absolute atomic E-state index is 11.7. The standard InChI is InChI=1S/C16H19ClO5/c1-11(2)16(19)21-10-12(17)7-8-15(18)22-14-6-4-5-13(9-14)20-3/h4-6,9,12H,1,7-8,10H2,2-3H3. The Balaban J connectivity index is 2.33. The summed E-state index contributed by atoms with van der Waals surface area (Å²) in [5, 5.41) is -0.457. The second-order valence-electron chi connectivity index (χ2n) is 4.67. The van der Waals surface area contributed by atoms with Crippen molar-refractivity contribution < 1.29 is 23.8 Å². The maximum atomic E-state index is 11.7. The topological polar surface area (TPSA) is 61.8 Å². The Hall–Kier alpha value is -2.01. The van der Waals surface area contributed by atoms with E-state index in [-0.39, 0.29) is 13.0 Å². The molecule has 0 N–H and O–H groups in total. The van der Waals surface area contributed by atoms with Crippen LogP contribution in [-0.2, 0) is 14.3 Å². The van der Waals surface area contributed by atoms with Crippen molar-refractivity contribution in [2.75, 3.05) is 13.7 Å². The molecule has 0 aliphatic carbocycles. The Labute approximate surface area is 134 Å². The fourth-order valence-corrected chi connectivity index (χ4v) is 1.67. The van der Waals surface area contributed by atoms with Crippen LogP contribution in [0.25, 0.3) is 0 Å². The van der Waals surface area contributed by atoms with E-state index in [1.807, 2.05) is 0 Å². The van der Waals surface area contributed by atoms with Gasteiger partial charge in [-0.3, -0.25) is 4.79 Å². The van der Waals surface area contributed by atoms with Crippen LogP contribution in [0.2, 0.25) is 0 Å². The lowest BCUT2D eigenvalue weighted by Gasteiger charge is -2.10. The summed E-state index contributed by atoms with van der Waals surface area (Å²) < 4.78 is 15.1. The first-order chi connectivity index (χ1) is 10.4. The summed E-state index contributed by atoms with van der Waals surface area (Å²) in [6.07, 6.45) is 0.462. The van der Waals surface area contributed by atoms with Crippen molar-refractivity contribution in [1.82, 2.24) is 0 Å². The summed E-state index contributed by atoms with van der Waals surface area (Å²) in [5.41, 5.74) is 0.307. The van der Waals surface area contributed by atoms with Crippen LogP contribution in [0.5, 0.6) is 11.5 Å². The number of ether oxygens (including phenoxy) is 3. The van der Waals surface area contributed by atoms with Gasteiger partial charge in [-0.1, -0.05) is 12.6 Å². The minimum Gasteiger partial charge on any atom is -0.497 e. The van der Waals surface area contributed by atoms with E-state index in [0.29, 0.717) is 23.5 Å². The average Bonchev–Trinajstić information content (AvgIpc) is 2.50. The normalized spacial score (nSPS) is 11.4. The predicted molar refractivity (Wildman–Crippen MR) is 83.3 cm³/mol. The Morgan fingerprint density at radius 2 is 2.00 bits per heavy atom. The van der Waals surface area contributed by atoms with Gasteiger partial charge in [-0.05, 0) is 25.5 Å². The summed E-state index contributed by atoms with van der Waals surface area (Å²) in [6.45, 7) is 5.05. The van der Waals surface area contributed by atoms with Gasteiger partial charge in [-0.2, -0.15) is 0 Å². The average molecular weight is 327 g/mol. The molecule has 0 spiro atoms. The first-order valence-corrected chi connectivity index (χ1v) is 7.17. The highest BCUT2D eigenvalue weighted by atomic mass is 35.5. The first-order valence-electron chi connectivity index (χ1n) is 6.73. The number of methoxy groups -OCH3 is 1. The van der Waals surface area contributed by atoms with Gasteiger partial charge in [-0.25, -0.2) is 4.79 Å². The molecule has 0 radical (unpaired) electrons. The Kier molecular flexibility index (Phi) is 7.46. The molecule has 1 aromatic rings. The number of hydrogen-bond acceptors (Lipinski definition) is 5. The molecule has 0 bridgehead atoms. The van der Waals surface area contributed by atoms with Crippen LogP contribution in [0, 0.1) is 0 Å². The molecule has 0 saturated heterocycles. The van der Waals surface area contributed by atoms with E-state index in [1.165, 1.54) is 7.11 Å². The third-order valence-electron chi connectivity index (χ3n) is 2.68. The van der Waals surface area contributed by atoms with Crippen molar-refractivity contribution in [3.05, 3.63) is 36.4 Å². The smallest absolute Gasteiger partial charge is 0.333 e. The number of halogens is 1. The number of hydrogen-bond donors (Lipinski definition) is 0. The highest BCUT2D eigenvalue weighted by Crippen LogP contribution is 2.19. The van der Waals surface area contributed by atoms with Crippen molar-refractivity contribution >= 4 is 23.5 Å². The molecular formula is C16H19ClO5. The zero-order valence-electron chi connectivity index (χ0n) is 12.6. The van der Waals surface area contributed by atoms with Gasteiger partial charge in [-0.15, -0.1) is 11.6 Å². The second-order valence-corrected chi connectivity index (χ2v) is 5.29. The van der Waals surface area contributed by atoms with E-state index in [0.717, 1.165) is 0 Å². The van der Waals surface area contributed by atoms with Crippen molar-refractivity contribution in [3.63, 3.8) is 0 Å². The molecule has 0 aliphatic heterocycles. The van der Waals surface area contributed by atoms with E-state index in [1.54, 1.807) is 31.2 Å². The van der Waals surface area contributed by atoms with E-state index in [4.69, 9.17) is 25.8 Å². The number of esters is 2. The van der Waals surface area contributed by atoms with Crippen molar-refractivity contribution in [3.8, 4) is 11.5 Å². The van der Waals surface area contributed by atoms with Gasteiger partial charge in [0.1, 0.15) is 18.1 Å². The molecule has 0 aliphatic rings. The molecule has 120 valence electrons. The maximum Gasteiger partial charge on any atom is 0.333 e. The minimum atomic E-state index is -0.496. The molecule has 0 fully saturated rings. The van der Waals surface area contributed by atoms with Gasteiger partial charge in [0.2, 0.25) is 0 Å². The third-order valence-corrected chi connectivity index (χ3v) is 3.02.